The van der Waals surface area contributed by atoms with E-state index in [1.165, 1.54) is 5.56 Å². The molecule has 30 heavy (non-hydrogen) atoms. The van der Waals surface area contributed by atoms with E-state index >= 15 is 0 Å². The molecule has 4 rings (SSSR count). The van der Waals surface area contributed by atoms with Crippen molar-refractivity contribution in [2.45, 2.75) is 18.8 Å². The second-order valence-electron chi connectivity index (χ2n) is 7.95. The first-order valence-electron chi connectivity index (χ1n) is 10.4. The summed E-state index contributed by atoms with van der Waals surface area (Å²) >= 11 is 0. The molecule has 0 unspecified atom stereocenters. The second kappa shape index (κ2) is 8.98. The Morgan fingerprint density at radius 2 is 1.83 bits per heavy atom. The summed E-state index contributed by atoms with van der Waals surface area (Å²) in [6.07, 6.45) is 1.93. The minimum absolute atomic E-state index is 0.103. The molecule has 0 radical (unpaired) electrons. The van der Waals surface area contributed by atoms with Gasteiger partial charge in [0.2, 0.25) is 0 Å². The zero-order valence-corrected chi connectivity index (χ0v) is 16.8. The van der Waals surface area contributed by atoms with Crippen molar-refractivity contribution in [1.29, 1.82) is 10.5 Å². The van der Waals surface area contributed by atoms with Crippen LogP contribution >= 0.6 is 0 Å². The van der Waals surface area contributed by atoms with E-state index in [1.54, 1.807) is 24.3 Å². The first-order valence-corrected chi connectivity index (χ1v) is 10.4. The Morgan fingerprint density at radius 1 is 1.07 bits per heavy atom. The molecule has 2 aromatic carbocycles. The van der Waals surface area contributed by atoms with Crippen LogP contribution in [0.4, 0.5) is 0 Å². The van der Waals surface area contributed by atoms with Crippen molar-refractivity contribution in [3.8, 4) is 17.9 Å². The SMILES string of the molecule is N#Cc1ccc(C(=O)NCCCCN2C[C@@H]3COc4ccc(C#N)cc4[C@H]3C2)cc1. The van der Waals surface area contributed by atoms with Gasteiger partial charge in [-0.2, -0.15) is 10.5 Å². The summed E-state index contributed by atoms with van der Waals surface area (Å²) in [6, 6.07) is 16.7. The van der Waals surface area contributed by atoms with Gasteiger partial charge >= 0.3 is 0 Å². The average molecular weight is 400 g/mol. The van der Waals surface area contributed by atoms with E-state index in [0.29, 0.717) is 35.1 Å². The number of nitrogens with zero attached hydrogens (tertiary/aromatic N) is 3. The highest BCUT2D eigenvalue weighted by atomic mass is 16.5. The molecule has 2 aliphatic heterocycles. The zero-order valence-electron chi connectivity index (χ0n) is 16.8. The van der Waals surface area contributed by atoms with Gasteiger partial charge in [0.05, 0.1) is 29.9 Å². The van der Waals surface area contributed by atoms with Crippen LogP contribution in [0.5, 0.6) is 5.75 Å². The van der Waals surface area contributed by atoms with Crippen LogP contribution < -0.4 is 10.1 Å². The van der Waals surface area contributed by atoms with Gasteiger partial charge in [-0.25, -0.2) is 0 Å². The highest BCUT2D eigenvalue weighted by Crippen LogP contribution is 2.41. The van der Waals surface area contributed by atoms with E-state index in [9.17, 15) is 10.1 Å². The molecule has 2 heterocycles. The van der Waals surface area contributed by atoms with Crippen molar-refractivity contribution in [2.24, 2.45) is 5.92 Å². The van der Waals surface area contributed by atoms with Crippen molar-refractivity contribution >= 4 is 5.91 Å². The van der Waals surface area contributed by atoms with E-state index in [0.717, 1.165) is 44.8 Å². The number of nitrogens with one attached hydrogen (secondary N) is 1. The Morgan fingerprint density at radius 3 is 2.60 bits per heavy atom. The standard InChI is InChI=1S/C24H24N4O2/c25-12-17-3-6-19(7-4-17)24(29)27-9-1-2-10-28-14-20-16-30-23-8-5-18(13-26)11-21(23)22(20)15-28/h3-8,11,20,22H,1-2,9-10,14-16H2,(H,27,29)/t20-,22+/m1/s1. The Bertz CT molecular complexity index is 1000. The number of nitriles is 2. The van der Waals surface area contributed by atoms with Gasteiger partial charge in [-0.05, 0) is 61.9 Å². The Balaban J connectivity index is 1.22. The molecule has 2 aromatic rings. The van der Waals surface area contributed by atoms with E-state index in [2.05, 4.69) is 22.4 Å². The second-order valence-corrected chi connectivity index (χ2v) is 7.95. The predicted octanol–water partition coefficient (Wildman–Crippen LogP) is 3.05. The van der Waals surface area contributed by atoms with Gasteiger partial charge in [0.1, 0.15) is 5.75 Å². The average Bonchev–Trinajstić information content (AvgIpc) is 3.22. The van der Waals surface area contributed by atoms with E-state index in [4.69, 9.17) is 10.00 Å². The monoisotopic (exact) mass is 400 g/mol. The quantitative estimate of drug-likeness (QED) is 0.753. The Labute approximate surface area is 176 Å². The van der Waals surface area contributed by atoms with Gasteiger partial charge in [0, 0.05) is 42.6 Å². The minimum Gasteiger partial charge on any atom is -0.493 e. The third kappa shape index (κ3) is 4.30. The van der Waals surface area contributed by atoms with Crippen LogP contribution in [0.1, 0.15) is 45.8 Å². The molecule has 152 valence electrons. The van der Waals surface area contributed by atoms with Crippen molar-refractivity contribution in [3.05, 3.63) is 64.7 Å². The summed E-state index contributed by atoms with van der Waals surface area (Å²) in [6.45, 7) is 4.37. The first kappa shape index (κ1) is 19.9. The highest BCUT2D eigenvalue weighted by Gasteiger charge is 2.38. The van der Waals surface area contributed by atoms with Crippen LogP contribution in [0.25, 0.3) is 0 Å². The van der Waals surface area contributed by atoms with Gasteiger partial charge in [0.15, 0.2) is 0 Å². The molecule has 6 heteroatoms. The molecular weight excluding hydrogens is 376 g/mol. The lowest BCUT2D eigenvalue weighted by Crippen LogP contribution is -2.27. The summed E-state index contributed by atoms with van der Waals surface area (Å²) in [5, 5.41) is 21.0. The fraction of sp³-hybridized carbons (Fsp3) is 0.375. The van der Waals surface area contributed by atoms with Crippen LogP contribution in [0.2, 0.25) is 0 Å². The number of carbonyl (C=O) groups is 1. The number of unbranched alkanes of at least 4 members (excludes halogenated alkanes) is 1. The number of likely N-dealkylation sites (tertiary alicyclic amines) is 1. The number of hydrogen-bond donors (Lipinski definition) is 1. The van der Waals surface area contributed by atoms with Crippen molar-refractivity contribution < 1.29 is 9.53 Å². The molecule has 0 spiro atoms. The van der Waals surface area contributed by atoms with Crippen LogP contribution in [0.3, 0.4) is 0 Å². The van der Waals surface area contributed by atoms with Gasteiger partial charge in [-0.3, -0.25) is 4.79 Å². The molecule has 2 atom stereocenters. The van der Waals surface area contributed by atoms with Crippen molar-refractivity contribution in [2.75, 3.05) is 32.8 Å². The zero-order chi connectivity index (χ0) is 20.9. The van der Waals surface area contributed by atoms with Gasteiger partial charge in [-0.15, -0.1) is 0 Å². The number of fused-ring (bicyclic) bond motifs is 3. The van der Waals surface area contributed by atoms with E-state index in [1.807, 2.05) is 18.2 Å². The van der Waals surface area contributed by atoms with Crippen molar-refractivity contribution in [3.63, 3.8) is 0 Å². The number of ether oxygens (including phenoxy) is 1. The van der Waals surface area contributed by atoms with Crippen LogP contribution in [-0.2, 0) is 0 Å². The molecule has 1 saturated heterocycles. The molecule has 0 bridgehead atoms. The molecule has 1 amide bonds. The van der Waals surface area contributed by atoms with Crippen molar-refractivity contribution in [1.82, 2.24) is 10.2 Å². The topological polar surface area (TPSA) is 89.2 Å². The molecular formula is C24H24N4O2. The molecule has 2 aliphatic rings. The van der Waals surface area contributed by atoms with Gasteiger partial charge in [0.25, 0.3) is 5.91 Å². The predicted molar refractivity (Wildman–Crippen MR) is 112 cm³/mol. The van der Waals surface area contributed by atoms with Crippen LogP contribution in [0, 0.1) is 28.6 Å². The number of amides is 1. The normalized spacial score (nSPS) is 19.7. The highest BCUT2D eigenvalue weighted by molar-refractivity contribution is 5.94. The fourth-order valence-electron chi connectivity index (χ4n) is 4.36. The summed E-state index contributed by atoms with van der Waals surface area (Å²) in [4.78, 5) is 14.6. The number of rotatable bonds is 6. The number of hydrogen-bond acceptors (Lipinski definition) is 5. The molecule has 0 aromatic heterocycles. The Kier molecular flexibility index (Phi) is 5.97. The lowest BCUT2D eigenvalue weighted by Gasteiger charge is -2.27. The third-order valence-corrected chi connectivity index (χ3v) is 5.97. The molecule has 0 aliphatic carbocycles. The van der Waals surface area contributed by atoms with Gasteiger partial charge in [-0.1, -0.05) is 0 Å². The maximum Gasteiger partial charge on any atom is 0.251 e. The third-order valence-electron chi connectivity index (χ3n) is 5.97. The summed E-state index contributed by atoms with van der Waals surface area (Å²) < 4.78 is 5.91. The molecule has 6 nitrogen and oxygen atoms in total. The maximum absolute atomic E-state index is 12.2. The van der Waals surface area contributed by atoms with Gasteiger partial charge < -0.3 is 15.0 Å². The largest absolute Gasteiger partial charge is 0.493 e. The lowest BCUT2D eigenvalue weighted by atomic mass is 9.86. The first-order chi connectivity index (χ1) is 14.7. The number of benzene rings is 2. The maximum atomic E-state index is 12.2. The summed E-state index contributed by atoms with van der Waals surface area (Å²) in [5.41, 5.74) is 2.99. The number of carbonyl (C=O) groups excluding carboxylic acids is 1. The molecule has 1 fully saturated rings. The smallest absolute Gasteiger partial charge is 0.251 e. The Hall–Kier alpha value is -3.35. The molecule has 0 saturated carbocycles. The summed E-state index contributed by atoms with van der Waals surface area (Å²) in [7, 11) is 0. The fourth-order valence-corrected chi connectivity index (χ4v) is 4.36. The van der Waals surface area contributed by atoms with Crippen LogP contribution in [0.15, 0.2) is 42.5 Å². The minimum atomic E-state index is -0.103. The lowest BCUT2D eigenvalue weighted by molar-refractivity contribution is 0.0952. The van der Waals surface area contributed by atoms with Crippen LogP contribution in [-0.4, -0.2) is 43.6 Å². The molecule has 1 N–H and O–H groups in total. The van der Waals surface area contributed by atoms with E-state index < -0.39 is 0 Å². The van der Waals surface area contributed by atoms with E-state index in [-0.39, 0.29) is 5.91 Å². The summed E-state index contributed by atoms with van der Waals surface area (Å²) in [5.74, 6) is 1.72.